The molecule has 1 unspecified atom stereocenters. The number of rotatable bonds is 5. The van der Waals surface area contributed by atoms with Crippen LogP contribution in [-0.4, -0.2) is 37.2 Å². The number of nitrogens with zero attached hydrogens (tertiary/aromatic N) is 5. The Hall–Kier alpha value is -4.48. The zero-order chi connectivity index (χ0) is 29.1. The van der Waals surface area contributed by atoms with E-state index in [4.69, 9.17) is 25.5 Å². The number of fused-ring (bicyclic) bond motifs is 1. The molecule has 5 aromatic rings. The normalized spacial score (nSPS) is 18.2. The molecule has 6 rings (SSSR count). The van der Waals surface area contributed by atoms with Crippen molar-refractivity contribution < 1.29 is 14.0 Å². The van der Waals surface area contributed by atoms with Gasteiger partial charge in [-0.15, -0.1) is 0 Å². The van der Waals surface area contributed by atoms with Gasteiger partial charge in [0.05, 0.1) is 16.7 Å². The van der Waals surface area contributed by atoms with Gasteiger partial charge in [0.15, 0.2) is 0 Å². The fourth-order valence-corrected chi connectivity index (χ4v) is 5.44. The lowest BCUT2D eigenvalue weighted by molar-refractivity contribution is -0.0144. The summed E-state index contributed by atoms with van der Waals surface area (Å²) in [6.07, 6.45) is 3.24. The summed E-state index contributed by atoms with van der Waals surface area (Å²) in [6, 6.07) is 15.5. The van der Waals surface area contributed by atoms with Crippen LogP contribution in [0.25, 0.3) is 22.2 Å². The molecule has 41 heavy (non-hydrogen) atoms. The number of anilines is 2. The summed E-state index contributed by atoms with van der Waals surface area (Å²) in [7, 11) is 1.42. The van der Waals surface area contributed by atoms with E-state index in [0.29, 0.717) is 17.3 Å². The summed E-state index contributed by atoms with van der Waals surface area (Å²) < 4.78 is 20.9. The van der Waals surface area contributed by atoms with E-state index in [0.717, 1.165) is 44.6 Å². The molecule has 208 valence electrons. The van der Waals surface area contributed by atoms with Gasteiger partial charge < -0.3 is 30.1 Å². The van der Waals surface area contributed by atoms with Crippen molar-refractivity contribution in [3.8, 4) is 22.9 Å². The summed E-state index contributed by atoms with van der Waals surface area (Å²) >= 11 is 0. The van der Waals surface area contributed by atoms with Crippen LogP contribution in [0.1, 0.15) is 37.7 Å². The van der Waals surface area contributed by atoms with E-state index in [9.17, 15) is 0 Å². The third kappa shape index (κ3) is 4.38. The molecule has 0 amide bonds. The number of hydrogen-bond donors (Lipinski definition) is 2. The third-order valence-electron chi connectivity index (χ3n) is 8.21. The molecule has 2 aromatic carbocycles. The number of benzene rings is 2. The first-order chi connectivity index (χ1) is 19.5. The summed E-state index contributed by atoms with van der Waals surface area (Å²) in [5.41, 5.74) is 17.6. The molecule has 0 radical (unpaired) electrons. The number of ether oxygens (including phenoxy) is 1. The Morgan fingerprint density at radius 3 is 2.29 bits per heavy atom. The fraction of sp³-hybridized carbons (Fsp3) is 0.267. The maximum atomic E-state index is 6.52. The van der Waals surface area contributed by atoms with Crippen LogP contribution in [0.4, 0.5) is 11.5 Å². The van der Waals surface area contributed by atoms with E-state index in [2.05, 4.69) is 19.9 Å². The Labute approximate surface area is 238 Å². The zero-order valence-corrected chi connectivity index (χ0v) is 24.0. The summed E-state index contributed by atoms with van der Waals surface area (Å²) in [4.78, 5) is 17.8. The van der Waals surface area contributed by atoms with Crippen LogP contribution in [-0.2, 0) is 22.0 Å². The predicted octanol–water partition coefficient (Wildman–Crippen LogP) is 4.43. The van der Waals surface area contributed by atoms with Gasteiger partial charge in [-0.3, -0.25) is 0 Å². The van der Waals surface area contributed by atoms with Crippen molar-refractivity contribution in [3.05, 3.63) is 78.0 Å². The Morgan fingerprint density at radius 2 is 1.61 bits per heavy atom. The van der Waals surface area contributed by atoms with Crippen LogP contribution in [0.5, 0.6) is 11.8 Å². The number of nitrogen functional groups attached to an aromatic ring is 2. The maximum Gasteiger partial charge on any atom is 0.495 e. The Morgan fingerprint density at radius 1 is 0.902 bits per heavy atom. The lowest BCUT2D eigenvalue weighted by Gasteiger charge is -2.37. The van der Waals surface area contributed by atoms with Gasteiger partial charge in [-0.05, 0) is 69.9 Å². The topological polar surface area (TPSA) is 136 Å². The average molecular weight is 549 g/mol. The minimum atomic E-state index is -0.800. The summed E-state index contributed by atoms with van der Waals surface area (Å²) in [5, 5.41) is 0.837. The van der Waals surface area contributed by atoms with Crippen molar-refractivity contribution in [2.24, 2.45) is 7.05 Å². The van der Waals surface area contributed by atoms with Gasteiger partial charge in [-0.2, -0.15) is 4.98 Å². The van der Waals surface area contributed by atoms with Gasteiger partial charge in [0, 0.05) is 35.8 Å². The first-order valence-electron chi connectivity index (χ1n) is 13.4. The number of aromatic nitrogens is 5. The molecule has 1 aliphatic rings. The average Bonchev–Trinajstić information content (AvgIpc) is 3.34. The second-order valence-electron chi connectivity index (χ2n) is 11.0. The lowest BCUT2D eigenvalue weighted by atomic mass is 9.79. The van der Waals surface area contributed by atoms with E-state index >= 15 is 0 Å². The number of nitrogens with two attached hydrogens (primary N) is 2. The van der Waals surface area contributed by atoms with E-state index in [1.165, 1.54) is 6.33 Å². The fourth-order valence-electron chi connectivity index (χ4n) is 5.44. The highest BCUT2D eigenvalue weighted by Crippen LogP contribution is 2.46. The van der Waals surface area contributed by atoms with Gasteiger partial charge in [0.1, 0.15) is 29.1 Å². The second-order valence-corrected chi connectivity index (χ2v) is 11.0. The maximum absolute atomic E-state index is 6.52. The molecular weight excluding hydrogens is 517 g/mol. The Kier molecular flexibility index (Phi) is 6.24. The van der Waals surface area contributed by atoms with Crippen molar-refractivity contribution >= 4 is 35.1 Å². The first-order valence-corrected chi connectivity index (χ1v) is 13.4. The molecule has 0 aliphatic carbocycles. The minimum absolute atomic E-state index is 0.244. The second kappa shape index (κ2) is 9.57. The predicted molar refractivity (Wildman–Crippen MR) is 160 cm³/mol. The summed E-state index contributed by atoms with van der Waals surface area (Å²) in [5.74, 6) is 1.06. The van der Waals surface area contributed by atoms with Crippen molar-refractivity contribution in [3.63, 3.8) is 0 Å². The van der Waals surface area contributed by atoms with Gasteiger partial charge in [-0.1, -0.05) is 24.3 Å². The van der Waals surface area contributed by atoms with Crippen LogP contribution in [0.3, 0.4) is 0 Å². The Balaban J connectivity index is 1.24. The molecule has 0 bridgehead atoms. The highest BCUT2D eigenvalue weighted by atomic mass is 16.7. The number of aryl methyl sites for hydroxylation is 2. The molecule has 11 heteroatoms. The molecule has 1 atom stereocenters. The van der Waals surface area contributed by atoms with Crippen molar-refractivity contribution in [1.29, 1.82) is 0 Å². The standard InChI is InChI=1S/C30H32BN7O3/c1-17-23(30(5)29(3,4)40-31(41-30)20-9-11-21(32)12-10-20)15-34-28(37-17)39-22-13-7-19(8-14-22)24-18(2)38(6)27-25(24)26(33)35-16-36-27/h7-16H,32H2,1-6H3,(H2,33,35,36). The van der Waals surface area contributed by atoms with Crippen molar-refractivity contribution in [2.75, 3.05) is 11.5 Å². The molecule has 1 fully saturated rings. The highest BCUT2D eigenvalue weighted by molar-refractivity contribution is 6.62. The van der Waals surface area contributed by atoms with Crippen LogP contribution in [0.15, 0.2) is 61.1 Å². The molecule has 1 saturated heterocycles. The van der Waals surface area contributed by atoms with Crippen LogP contribution < -0.4 is 21.7 Å². The zero-order valence-electron chi connectivity index (χ0n) is 24.0. The van der Waals surface area contributed by atoms with Crippen LogP contribution in [0.2, 0.25) is 0 Å². The van der Waals surface area contributed by atoms with E-state index in [-0.39, 0.29) is 6.01 Å². The van der Waals surface area contributed by atoms with Gasteiger partial charge in [0.25, 0.3) is 0 Å². The van der Waals surface area contributed by atoms with E-state index < -0.39 is 18.3 Å². The number of hydrogen-bond acceptors (Lipinski definition) is 9. The third-order valence-corrected chi connectivity index (χ3v) is 8.21. The summed E-state index contributed by atoms with van der Waals surface area (Å²) in [6.45, 7) is 9.98. The molecule has 4 N–H and O–H groups in total. The lowest BCUT2D eigenvalue weighted by Crippen LogP contribution is -2.43. The molecular formula is C30H32BN7O3. The Bertz CT molecular complexity index is 1770. The van der Waals surface area contributed by atoms with Gasteiger partial charge >= 0.3 is 13.1 Å². The first kappa shape index (κ1) is 26.7. The van der Waals surface area contributed by atoms with Crippen molar-refractivity contribution in [1.82, 2.24) is 24.5 Å². The molecule has 0 spiro atoms. The monoisotopic (exact) mass is 549 g/mol. The van der Waals surface area contributed by atoms with Gasteiger partial charge in [-0.25, -0.2) is 15.0 Å². The molecule has 3 aromatic heterocycles. The van der Waals surface area contributed by atoms with Crippen LogP contribution >= 0.6 is 0 Å². The molecule has 4 heterocycles. The van der Waals surface area contributed by atoms with E-state index in [1.807, 2.05) is 94.8 Å². The smallest absolute Gasteiger partial charge is 0.424 e. The van der Waals surface area contributed by atoms with Gasteiger partial charge in [0.2, 0.25) is 0 Å². The van der Waals surface area contributed by atoms with E-state index in [1.54, 1.807) is 6.20 Å². The van der Waals surface area contributed by atoms with Crippen molar-refractivity contribution in [2.45, 2.75) is 45.8 Å². The quantitative estimate of drug-likeness (QED) is 0.241. The largest absolute Gasteiger partial charge is 0.495 e. The highest BCUT2D eigenvalue weighted by Gasteiger charge is 2.56. The van der Waals surface area contributed by atoms with Crippen LogP contribution in [0, 0.1) is 13.8 Å². The SMILES string of the molecule is Cc1nc(Oc2ccc(-c3c(C)n(C)c4ncnc(N)c34)cc2)ncc1C1(C)OB(c2ccc(N)cc2)OC1(C)C. The minimum Gasteiger partial charge on any atom is -0.424 e. The molecule has 1 aliphatic heterocycles. The molecule has 10 nitrogen and oxygen atoms in total. The molecule has 0 saturated carbocycles.